The average molecular weight is 150 g/mol. The van der Waals surface area contributed by atoms with Crippen LogP contribution in [0.1, 0.15) is 54.9 Å². The zero-order valence-electron chi connectivity index (χ0n) is 8.78. The molecule has 0 bridgehead atoms. The van der Waals surface area contributed by atoms with Crippen molar-refractivity contribution < 1.29 is 5.48 Å². The molecule has 0 heterocycles. The van der Waals surface area contributed by atoms with Gasteiger partial charge < -0.3 is 5.48 Å². The molecule has 0 unspecified atom stereocenters. The lowest BCUT2D eigenvalue weighted by Gasteiger charge is -1.79. The molecule has 68 valence electrons. The maximum Gasteiger partial charge on any atom is -0.0500 e. The van der Waals surface area contributed by atoms with Gasteiger partial charge in [0.1, 0.15) is 0 Å². The minimum Gasteiger partial charge on any atom is -0.412 e. The van der Waals surface area contributed by atoms with Crippen LogP contribution in [-0.2, 0) is 0 Å². The zero-order valence-corrected chi connectivity index (χ0v) is 8.78. The summed E-state index contributed by atoms with van der Waals surface area (Å²) in [6.07, 6.45) is 1.25. The highest BCUT2D eigenvalue weighted by Gasteiger charge is 1.68. The Morgan fingerprint density at radius 1 is 0.900 bits per heavy atom. The number of hydrogen-bond donors (Lipinski definition) is 0. The third-order valence-electron chi connectivity index (χ3n) is 0. The number of rotatable bonds is 0. The quantitative estimate of drug-likeness (QED) is 0.507. The largest absolute Gasteiger partial charge is 0.412 e. The van der Waals surface area contributed by atoms with Crippen molar-refractivity contribution in [3.05, 3.63) is 0 Å². The van der Waals surface area contributed by atoms with Crippen molar-refractivity contribution in [2.75, 3.05) is 0 Å². The zero-order chi connectivity index (χ0) is 8.28. The Labute approximate surface area is 67.2 Å². The molecule has 0 aromatic rings. The second kappa shape index (κ2) is 36.2. The Morgan fingerprint density at radius 3 is 0.900 bits per heavy atom. The van der Waals surface area contributed by atoms with Gasteiger partial charge in [-0.3, -0.25) is 0 Å². The summed E-state index contributed by atoms with van der Waals surface area (Å²) in [4.78, 5) is 0. The van der Waals surface area contributed by atoms with Crippen molar-refractivity contribution in [2.24, 2.45) is 5.92 Å². The van der Waals surface area contributed by atoms with E-state index in [0.29, 0.717) is 0 Å². The van der Waals surface area contributed by atoms with E-state index in [2.05, 4.69) is 34.6 Å². The monoisotopic (exact) mass is 150 g/mol. The molecule has 1 nitrogen and oxygen atoms in total. The van der Waals surface area contributed by atoms with E-state index in [1.54, 1.807) is 0 Å². The normalized spacial score (nSPS) is 6.00. The molecule has 0 aliphatic rings. The Balaban J connectivity index is -0.0000000273. The summed E-state index contributed by atoms with van der Waals surface area (Å²) in [7, 11) is 0. The van der Waals surface area contributed by atoms with Crippen molar-refractivity contribution in [3.63, 3.8) is 0 Å². The van der Waals surface area contributed by atoms with Crippen molar-refractivity contribution in [1.29, 1.82) is 0 Å². The van der Waals surface area contributed by atoms with E-state index in [1.807, 2.05) is 13.8 Å². The van der Waals surface area contributed by atoms with Crippen LogP contribution in [0.5, 0.6) is 0 Å². The molecule has 2 N–H and O–H groups in total. The lowest BCUT2D eigenvalue weighted by molar-refractivity contribution is 0.737. The Kier molecular flexibility index (Phi) is 81.5. The van der Waals surface area contributed by atoms with Gasteiger partial charge in [0, 0.05) is 0 Å². The van der Waals surface area contributed by atoms with Gasteiger partial charge in [-0.15, -0.1) is 0 Å². The van der Waals surface area contributed by atoms with E-state index < -0.39 is 0 Å². The molecule has 0 saturated carbocycles. The molecule has 1 heteroatoms. The fourth-order valence-corrected chi connectivity index (χ4v) is 0. The van der Waals surface area contributed by atoms with Crippen LogP contribution in [0.2, 0.25) is 0 Å². The molecule has 0 aromatic heterocycles. The van der Waals surface area contributed by atoms with Crippen molar-refractivity contribution >= 4 is 0 Å². The summed E-state index contributed by atoms with van der Waals surface area (Å²) >= 11 is 0. The first kappa shape index (κ1) is 22.5. The van der Waals surface area contributed by atoms with Crippen molar-refractivity contribution in [2.45, 2.75) is 54.9 Å². The molecule has 0 atom stereocenters. The molecule has 0 aromatic carbocycles. The molecule has 0 spiro atoms. The summed E-state index contributed by atoms with van der Waals surface area (Å²) in [6, 6.07) is 0. The minimum absolute atomic E-state index is 0. The summed E-state index contributed by atoms with van der Waals surface area (Å²) in [6.45, 7) is 14.7. The Hall–Kier alpha value is -0.0400. The highest BCUT2D eigenvalue weighted by atomic mass is 16.0. The molecule has 0 saturated heterocycles. The highest BCUT2D eigenvalue weighted by molar-refractivity contribution is 4.20. The van der Waals surface area contributed by atoms with Gasteiger partial charge in [0.25, 0.3) is 0 Å². The fourth-order valence-electron chi connectivity index (χ4n) is 0. The maximum absolute atomic E-state index is 2.17. The molecule has 0 rings (SSSR count). The van der Waals surface area contributed by atoms with E-state index in [-0.39, 0.29) is 5.48 Å². The first-order valence-electron chi connectivity index (χ1n) is 4.15. The van der Waals surface area contributed by atoms with E-state index >= 15 is 0 Å². The lowest BCUT2D eigenvalue weighted by Crippen LogP contribution is -1.66. The van der Waals surface area contributed by atoms with Crippen LogP contribution in [0, 0.1) is 5.92 Å². The smallest absolute Gasteiger partial charge is 0.0500 e. The van der Waals surface area contributed by atoms with E-state index in [4.69, 9.17) is 0 Å². The van der Waals surface area contributed by atoms with Gasteiger partial charge in [-0.2, -0.15) is 0 Å². The van der Waals surface area contributed by atoms with Gasteiger partial charge in [-0.05, 0) is 5.92 Å². The molecule has 0 amide bonds. The summed E-state index contributed by atoms with van der Waals surface area (Å²) < 4.78 is 0. The SMILES string of the molecule is CC.CC(C)C.CCC.O. The van der Waals surface area contributed by atoms with Crippen LogP contribution >= 0.6 is 0 Å². The Bertz CT molecular complexity index is 15.9. The van der Waals surface area contributed by atoms with Gasteiger partial charge in [-0.1, -0.05) is 54.9 Å². The van der Waals surface area contributed by atoms with Crippen LogP contribution in [0.4, 0.5) is 0 Å². The first-order chi connectivity index (χ1) is 4.15. The van der Waals surface area contributed by atoms with E-state index in [1.165, 1.54) is 6.42 Å². The molecule has 0 fully saturated rings. The van der Waals surface area contributed by atoms with Gasteiger partial charge in [-0.25, -0.2) is 0 Å². The molecule has 0 radical (unpaired) electrons. The van der Waals surface area contributed by atoms with E-state index in [0.717, 1.165) is 5.92 Å². The first-order valence-corrected chi connectivity index (χ1v) is 4.15. The highest BCUT2D eigenvalue weighted by Crippen LogP contribution is 1.81. The predicted molar refractivity (Wildman–Crippen MR) is 51.4 cm³/mol. The third kappa shape index (κ3) is 241000. The topological polar surface area (TPSA) is 31.5 Å². The fraction of sp³-hybridized carbons (Fsp3) is 1.00. The standard InChI is InChI=1S/C4H10.C3H8.C2H6.H2O/c1-4(2)3;1-3-2;1-2;/h4H,1-3H3;3H2,1-2H3;1-2H3;1H2. The van der Waals surface area contributed by atoms with Crippen LogP contribution in [0.25, 0.3) is 0 Å². The summed E-state index contributed by atoms with van der Waals surface area (Å²) in [5.74, 6) is 0.833. The van der Waals surface area contributed by atoms with Gasteiger partial charge in [0.2, 0.25) is 0 Å². The molecule has 10 heavy (non-hydrogen) atoms. The van der Waals surface area contributed by atoms with Crippen LogP contribution in [0.3, 0.4) is 0 Å². The van der Waals surface area contributed by atoms with Crippen molar-refractivity contribution in [3.8, 4) is 0 Å². The summed E-state index contributed by atoms with van der Waals surface area (Å²) in [5.41, 5.74) is 0. The van der Waals surface area contributed by atoms with Crippen LogP contribution in [-0.4, -0.2) is 5.48 Å². The lowest BCUT2D eigenvalue weighted by atomic mass is 10.3. The van der Waals surface area contributed by atoms with Crippen LogP contribution < -0.4 is 0 Å². The number of hydrogen-bond acceptors (Lipinski definition) is 0. The molecule has 0 aliphatic heterocycles. The van der Waals surface area contributed by atoms with Gasteiger partial charge in [0.15, 0.2) is 0 Å². The second-order valence-electron chi connectivity index (χ2n) is 2.44. The maximum atomic E-state index is 2.17. The Morgan fingerprint density at radius 2 is 0.900 bits per heavy atom. The van der Waals surface area contributed by atoms with Gasteiger partial charge >= 0.3 is 0 Å². The summed E-state index contributed by atoms with van der Waals surface area (Å²) in [5, 5.41) is 0. The van der Waals surface area contributed by atoms with Crippen molar-refractivity contribution in [1.82, 2.24) is 0 Å². The predicted octanol–water partition coefficient (Wildman–Crippen LogP) is 3.28. The van der Waals surface area contributed by atoms with Crippen LogP contribution in [0.15, 0.2) is 0 Å². The molecule has 0 aliphatic carbocycles. The molecular weight excluding hydrogens is 124 g/mol. The third-order valence-corrected chi connectivity index (χ3v) is 0. The average Bonchev–Trinajstić information content (AvgIpc) is 1.71. The second-order valence-corrected chi connectivity index (χ2v) is 2.44. The van der Waals surface area contributed by atoms with Gasteiger partial charge in [0.05, 0.1) is 0 Å². The molecular formula is C9H26O. The van der Waals surface area contributed by atoms with E-state index in [9.17, 15) is 0 Å². The minimum atomic E-state index is 0.